The maximum atomic E-state index is 13.6. The van der Waals surface area contributed by atoms with E-state index in [9.17, 15) is 8.78 Å². The molecule has 1 aromatic carbocycles. The Morgan fingerprint density at radius 3 is 3.00 bits per heavy atom. The van der Waals surface area contributed by atoms with E-state index >= 15 is 0 Å². The molecule has 1 N–H and O–H groups in total. The molecule has 98 valence electrons. The fourth-order valence-electron chi connectivity index (χ4n) is 2.88. The lowest BCUT2D eigenvalue weighted by Gasteiger charge is -2.33. The normalized spacial score (nSPS) is 21.4. The number of benzene rings is 1. The molecule has 5 heteroatoms. The van der Waals surface area contributed by atoms with Gasteiger partial charge in [-0.2, -0.15) is 5.26 Å². The number of allylic oxidation sites excluding steroid dienone is 1. The Morgan fingerprint density at radius 1 is 1.37 bits per heavy atom. The summed E-state index contributed by atoms with van der Waals surface area (Å²) in [5.41, 5.74) is 1.93. The number of halogens is 2. The van der Waals surface area contributed by atoms with E-state index in [1.165, 1.54) is 6.07 Å². The van der Waals surface area contributed by atoms with Crippen molar-refractivity contribution in [3.63, 3.8) is 0 Å². The van der Waals surface area contributed by atoms with Crippen LogP contribution in [-0.2, 0) is 12.8 Å². The van der Waals surface area contributed by atoms with Gasteiger partial charge in [0.15, 0.2) is 0 Å². The lowest BCUT2D eigenvalue weighted by Crippen LogP contribution is -2.39. The minimum absolute atomic E-state index is 0.120. The van der Waals surface area contributed by atoms with Crippen LogP contribution in [0.15, 0.2) is 24.0 Å². The first-order chi connectivity index (χ1) is 9.19. The van der Waals surface area contributed by atoms with Crippen LogP contribution < -0.4 is 5.32 Å². The number of rotatable bonds is 1. The molecular formula is C14H13F2N3. The first-order valence-electron chi connectivity index (χ1n) is 6.26. The van der Waals surface area contributed by atoms with Crippen molar-refractivity contribution in [3.8, 4) is 6.07 Å². The van der Waals surface area contributed by atoms with E-state index in [0.717, 1.165) is 18.1 Å². The van der Waals surface area contributed by atoms with Gasteiger partial charge in [-0.15, -0.1) is 0 Å². The molecule has 0 spiro atoms. The van der Waals surface area contributed by atoms with Crippen LogP contribution in [0, 0.1) is 23.0 Å². The molecular weight excluding hydrogens is 248 g/mol. The van der Waals surface area contributed by atoms with Gasteiger partial charge < -0.3 is 10.2 Å². The van der Waals surface area contributed by atoms with E-state index in [1.54, 1.807) is 6.20 Å². The van der Waals surface area contributed by atoms with Crippen LogP contribution >= 0.6 is 0 Å². The second-order valence-corrected chi connectivity index (χ2v) is 4.90. The summed E-state index contributed by atoms with van der Waals surface area (Å²) in [6.07, 6.45) is 3.62. The molecule has 19 heavy (non-hydrogen) atoms. The molecule has 1 aliphatic heterocycles. The highest BCUT2D eigenvalue weighted by Crippen LogP contribution is 2.29. The number of nitrogens with zero attached hydrogens (tertiary/aromatic N) is 2. The molecule has 0 saturated heterocycles. The van der Waals surface area contributed by atoms with Crippen LogP contribution in [0.1, 0.15) is 17.5 Å². The van der Waals surface area contributed by atoms with Crippen LogP contribution in [0.25, 0.3) is 0 Å². The molecule has 0 aromatic heterocycles. The van der Waals surface area contributed by atoms with Crippen molar-refractivity contribution in [1.82, 2.24) is 10.2 Å². The van der Waals surface area contributed by atoms with Crippen molar-refractivity contribution < 1.29 is 8.78 Å². The van der Waals surface area contributed by atoms with E-state index in [-0.39, 0.29) is 6.04 Å². The van der Waals surface area contributed by atoms with E-state index in [4.69, 9.17) is 5.26 Å². The summed E-state index contributed by atoms with van der Waals surface area (Å²) in [4.78, 5) is 1.96. The molecule has 0 unspecified atom stereocenters. The third kappa shape index (κ3) is 2.03. The summed E-state index contributed by atoms with van der Waals surface area (Å²) in [6, 6.07) is 4.60. The number of hydrogen-bond donors (Lipinski definition) is 1. The van der Waals surface area contributed by atoms with Gasteiger partial charge in [-0.05, 0) is 36.5 Å². The Labute approximate surface area is 110 Å². The van der Waals surface area contributed by atoms with Crippen LogP contribution in [-0.4, -0.2) is 17.6 Å². The van der Waals surface area contributed by atoms with Gasteiger partial charge in [0, 0.05) is 18.3 Å². The summed E-state index contributed by atoms with van der Waals surface area (Å²) in [7, 11) is 0. The fraction of sp³-hybridized carbons (Fsp3) is 0.357. The van der Waals surface area contributed by atoms with E-state index in [2.05, 4.69) is 11.4 Å². The van der Waals surface area contributed by atoms with Gasteiger partial charge >= 0.3 is 0 Å². The van der Waals surface area contributed by atoms with Crippen LogP contribution in [0.5, 0.6) is 0 Å². The van der Waals surface area contributed by atoms with Crippen molar-refractivity contribution >= 4 is 0 Å². The predicted molar refractivity (Wildman–Crippen MR) is 65.7 cm³/mol. The van der Waals surface area contributed by atoms with Gasteiger partial charge in [-0.1, -0.05) is 0 Å². The van der Waals surface area contributed by atoms with Crippen LogP contribution in [0.3, 0.4) is 0 Å². The molecule has 3 rings (SSSR count). The fourth-order valence-corrected chi connectivity index (χ4v) is 2.88. The Kier molecular flexibility index (Phi) is 2.86. The third-order valence-electron chi connectivity index (χ3n) is 3.80. The van der Waals surface area contributed by atoms with E-state index < -0.39 is 11.6 Å². The Morgan fingerprint density at radius 2 is 2.21 bits per heavy atom. The molecule has 1 aromatic rings. The lowest BCUT2D eigenvalue weighted by molar-refractivity contribution is 0.249. The molecule has 1 atom stereocenters. The van der Waals surface area contributed by atoms with Crippen molar-refractivity contribution in [1.29, 1.82) is 5.26 Å². The van der Waals surface area contributed by atoms with Crippen molar-refractivity contribution in [2.75, 3.05) is 6.67 Å². The molecule has 0 bridgehead atoms. The smallest absolute Gasteiger partial charge is 0.133 e. The van der Waals surface area contributed by atoms with Crippen molar-refractivity contribution in [2.45, 2.75) is 25.3 Å². The first kappa shape index (κ1) is 12.0. The van der Waals surface area contributed by atoms with Crippen LogP contribution in [0.2, 0.25) is 0 Å². The lowest BCUT2D eigenvalue weighted by atomic mass is 9.87. The monoisotopic (exact) mass is 261 g/mol. The summed E-state index contributed by atoms with van der Waals surface area (Å²) in [5.74, 6) is -0.989. The van der Waals surface area contributed by atoms with Gasteiger partial charge in [-0.25, -0.2) is 8.78 Å². The number of nitrogens with one attached hydrogen (secondary N) is 1. The van der Waals surface area contributed by atoms with E-state index in [0.29, 0.717) is 30.8 Å². The highest BCUT2D eigenvalue weighted by atomic mass is 19.1. The molecule has 0 fully saturated rings. The summed E-state index contributed by atoms with van der Waals surface area (Å²) in [6.45, 7) is 0.584. The molecule has 0 amide bonds. The molecule has 2 aliphatic rings. The van der Waals surface area contributed by atoms with Crippen molar-refractivity contribution in [3.05, 3.63) is 46.8 Å². The molecule has 1 aliphatic carbocycles. The summed E-state index contributed by atoms with van der Waals surface area (Å²) < 4.78 is 26.9. The molecule has 1 heterocycles. The zero-order valence-corrected chi connectivity index (χ0v) is 10.3. The summed E-state index contributed by atoms with van der Waals surface area (Å²) in [5, 5.41) is 12.0. The SMILES string of the molecule is N#CC1=CNCN1[C@@H]1CCc2c(F)cc(F)cc2C1. The largest absolute Gasteiger partial charge is 0.371 e. The Hall–Kier alpha value is -2.09. The topological polar surface area (TPSA) is 39.1 Å². The Bertz CT molecular complexity index is 589. The Balaban J connectivity index is 1.87. The maximum absolute atomic E-state index is 13.6. The highest BCUT2D eigenvalue weighted by molar-refractivity contribution is 5.34. The zero-order valence-electron chi connectivity index (χ0n) is 10.3. The van der Waals surface area contributed by atoms with Gasteiger partial charge in [0.1, 0.15) is 23.4 Å². The molecule has 0 radical (unpaired) electrons. The number of nitriles is 1. The van der Waals surface area contributed by atoms with Gasteiger partial charge in [-0.3, -0.25) is 0 Å². The van der Waals surface area contributed by atoms with Gasteiger partial charge in [0.2, 0.25) is 0 Å². The number of hydrogen-bond acceptors (Lipinski definition) is 3. The predicted octanol–water partition coefficient (Wildman–Crippen LogP) is 2.05. The highest BCUT2D eigenvalue weighted by Gasteiger charge is 2.29. The number of fused-ring (bicyclic) bond motifs is 1. The molecule has 0 saturated carbocycles. The second-order valence-electron chi connectivity index (χ2n) is 4.90. The van der Waals surface area contributed by atoms with E-state index in [1.807, 2.05) is 4.90 Å². The average Bonchev–Trinajstić information content (AvgIpc) is 2.86. The average molecular weight is 261 g/mol. The molecule has 3 nitrogen and oxygen atoms in total. The van der Waals surface area contributed by atoms with Crippen LogP contribution in [0.4, 0.5) is 8.78 Å². The van der Waals surface area contributed by atoms with Crippen molar-refractivity contribution in [2.24, 2.45) is 0 Å². The third-order valence-corrected chi connectivity index (χ3v) is 3.80. The minimum Gasteiger partial charge on any atom is -0.371 e. The quantitative estimate of drug-likeness (QED) is 0.841. The zero-order chi connectivity index (χ0) is 13.4. The first-order valence-corrected chi connectivity index (χ1v) is 6.26. The maximum Gasteiger partial charge on any atom is 0.133 e. The standard InChI is InChI=1S/C14H13F2N3/c15-10-3-9-4-11(1-2-13(9)14(16)5-10)19-8-18-7-12(19)6-17/h3,5,7,11,18H,1-2,4,8H2/t11-/m1/s1. The second kappa shape index (κ2) is 4.54. The minimum atomic E-state index is -0.535. The van der Waals surface area contributed by atoms with Gasteiger partial charge in [0.05, 0.1) is 6.67 Å². The van der Waals surface area contributed by atoms with Gasteiger partial charge in [0.25, 0.3) is 0 Å². The summed E-state index contributed by atoms with van der Waals surface area (Å²) >= 11 is 0.